The number of hydrogen-bond acceptors (Lipinski definition) is 3. The van der Waals surface area contributed by atoms with Gasteiger partial charge in [-0.25, -0.2) is 0 Å². The molecule has 32 heavy (non-hydrogen) atoms. The van der Waals surface area contributed by atoms with Gasteiger partial charge < -0.3 is 10.6 Å². The largest absolute Gasteiger partial charge is 0.326 e. The summed E-state index contributed by atoms with van der Waals surface area (Å²) in [5.41, 5.74) is 3.73. The van der Waals surface area contributed by atoms with E-state index in [4.69, 9.17) is 0 Å². The molecule has 0 saturated heterocycles. The first-order chi connectivity index (χ1) is 15.4. The van der Waals surface area contributed by atoms with Gasteiger partial charge >= 0.3 is 0 Å². The van der Waals surface area contributed by atoms with Crippen molar-refractivity contribution in [3.63, 3.8) is 0 Å². The zero-order valence-corrected chi connectivity index (χ0v) is 17.8. The molecule has 0 aliphatic heterocycles. The summed E-state index contributed by atoms with van der Waals surface area (Å²) in [6.07, 6.45) is 0. The molecule has 0 fully saturated rings. The molecule has 0 saturated carbocycles. The number of nitrogens with one attached hydrogen (secondary N) is 2. The van der Waals surface area contributed by atoms with Crippen LogP contribution in [0.1, 0.15) is 34.6 Å². The van der Waals surface area contributed by atoms with Crippen LogP contribution < -0.4 is 10.6 Å². The highest BCUT2D eigenvalue weighted by atomic mass is 16.2. The Bertz CT molecular complexity index is 1360. The molecule has 5 nitrogen and oxygen atoms in total. The van der Waals surface area contributed by atoms with Crippen LogP contribution in [0.4, 0.5) is 11.4 Å². The quantitative estimate of drug-likeness (QED) is 0.392. The first kappa shape index (κ1) is 21.0. The Labute approximate surface area is 186 Å². The molecule has 2 amide bonds. The molecule has 0 aromatic heterocycles. The summed E-state index contributed by atoms with van der Waals surface area (Å²) in [6.45, 7) is 2.92. The van der Waals surface area contributed by atoms with Crippen molar-refractivity contribution in [3.8, 4) is 11.1 Å². The first-order valence-electron chi connectivity index (χ1n) is 10.2. The summed E-state index contributed by atoms with van der Waals surface area (Å²) < 4.78 is 0. The number of hydrogen-bond donors (Lipinski definition) is 2. The molecule has 2 N–H and O–H groups in total. The average molecular weight is 422 g/mol. The van der Waals surface area contributed by atoms with E-state index in [1.54, 1.807) is 24.3 Å². The van der Waals surface area contributed by atoms with Gasteiger partial charge in [-0.2, -0.15) is 0 Å². The van der Waals surface area contributed by atoms with Crippen molar-refractivity contribution in [3.05, 3.63) is 96.1 Å². The van der Waals surface area contributed by atoms with Crippen LogP contribution in [0, 0.1) is 0 Å². The summed E-state index contributed by atoms with van der Waals surface area (Å²) in [5.74, 6) is -0.587. The molecule has 0 radical (unpaired) electrons. The molecular formula is C27H22N2O3. The van der Waals surface area contributed by atoms with Gasteiger partial charge in [-0.3, -0.25) is 14.4 Å². The normalized spacial score (nSPS) is 10.6. The second-order valence-electron chi connectivity index (χ2n) is 7.59. The lowest BCUT2D eigenvalue weighted by molar-refractivity contribution is -0.114. The van der Waals surface area contributed by atoms with Crippen LogP contribution in [0.3, 0.4) is 0 Å². The van der Waals surface area contributed by atoms with Crippen molar-refractivity contribution in [1.29, 1.82) is 0 Å². The Kier molecular flexibility index (Phi) is 5.81. The van der Waals surface area contributed by atoms with E-state index in [9.17, 15) is 14.4 Å². The lowest BCUT2D eigenvalue weighted by Crippen LogP contribution is -2.14. The van der Waals surface area contributed by atoms with Crippen LogP contribution >= 0.6 is 0 Å². The minimum atomic E-state index is -0.279. The number of carbonyl (C=O) groups excluding carboxylic acids is 3. The van der Waals surface area contributed by atoms with Crippen LogP contribution in [0.5, 0.6) is 0 Å². The maximum atomic E-state index is 12.9. The number of ketones is 1. The average Bonchev–Trinajstić information content (AvgIpc) is 2.78. The van der Waals surface area contributed by atoms with E-state index >= 15 is 0 Å². The molecule has 0 unspecified atom stereocenters. The van der Waals surface area contributed by atoms with Crippen molar-refractivity contribution in [2.75, 3.05) is 10.6 Å². The fourth-order valence-electron chi connectivity index (χ4n) is 3.63. The van der Waals surface area contributed by atoms with Crippen LogP contribution in [0.2, 0.25) is 0 Å². The van der Waals surface area contributed by atoms with Crippen molar-refractivity contribution < 1.29 is 14.4 Å². The Hall–Kier alpha value is -4.25. The third-order valence-corrected chi connectivity index (χ3v) is 5.17. The molecule has 0 bridgehead atoms. The lowest BCUT2D eigenvalue weighted by Gasteiger charge is -2.13. The third-order valence-electron chi connectivity index (χ3n) is 5.17. The lowest BCUT2D eigenvalue weighted by atomic mass is 9.99. The summed E-state index contributed by atoms with van der Waals surface area (Å²) in [6, 6.07) is 26.0. The highest BCUT2D eigenvalue weighted by molar-refractivity contribution is 6.10. The SMILES string of the molecule is CC(=O)Nc1cccc(-c2ccc(NC(=O)c3ccc4ccccc4c3)c(C(C)=O)c2)c1. The van der Waals surface area contributed by atoms with Crippen molar-refractivity contribution in [2.45, 2.75) is 13.8 Å². The Morgan fingerprint density at radius 2 is 1.41 bits per heavy atom. The molecule has 0 aliphatic rings. The fourth-order valence-corrected chi connectivity index (χ4v) is 3.63. The van der Waals surface area contributed by atoms with E-state index in [0.29, 0.717) is 22.5 Å². The number of benzene rings is 4. The van der Waals surface area contributed by atoms with Gasteiger partial charge in [0.25, 0.3) is 5.91 Å². The molecule has 5 heteroatoms. The monoisotopic (exact) mass is 422 g/mol. The van der Waals surface area contributed by atoms with Gasteiger partial charge in [0.2, 0.25) is 5.91 Å². The first-order valence-corrected chi connectivity index (χ1v) is 10.2. The van der Waals surface area contributed by atoms with Crippen LogP contribution in [0.15, 0.2) is 84.9 Å². The summed E-state index contributed by atoms with van der Waals surface area (Å²) in [7, 11) is 0. The predicted octanol–water partition coefficient (Wildman–Crippen LogP) is 5.92. The van der Waals surface area contributed by atoms with Gasteiger partial charge in [0, 0.05) is 23.7 Å². The molecule has 158 valence electrons. The number of carbonyl (C=O) groups is 3. The van der Waals surface area contributed by atoms with Crippen LogP contribution in [-0.4, -0.2) is 17.6 Å². The highest BCUT2D eigenvalue weighted by Gasteiger charge is 2.14. The number of amides is 2. The second-order valence-corrected chi connectivity index (χ2v) is 7.59. The van der Waals surface area contributed by atoms with Crippen LogP contribution in [-0.2, 0) is 4.79 Å². The highest BCUT2D eigenvalue weighted by Crippen LogP contribution is 2.28. The fraction of sp³-hybridized carbons (Fsp3) is 0.0741. The molecule has 0 heterocycles. The smallest absolute Gasteiger partial charge is 0.255 e. The summed E-state index contributed by atoms with van der Waals surface area (Å²) >= 11 is 0. The molecular weight excluding hydrogens is 400 g/mol. The third kappa shape index (κ3) is 4.57. The number of anilines is 2. The van der Waals surface area contributed by atoms with Crippen molar-refractivity contribution in [2.24, 2.45) is 0 Å². The Morgan fingerprint density at radius 3 is 2.16 bits per heavy atom. The van der Waals surface area contributed by atoms with E-state index in [-0.39, 0.29) is 17.6 Å². The van der Waals surface area contributed by atoms with E-state index in [1.165, 1.54) is 13.8 Å². The van der Waals surface area contributed by atoms with Gasteiger partial charge in [-0.1, -0.05) is 48.5 Å². The zero-order chi connectivity index (χ0) is 22.7. The molecule has 0 spiro atoms. The Morgan fingerprint density at radius 1 is 0.656 bits per heavy atom. The topological polar surface area (TPSA) is 75.3 Å². The van der Waals surface area contributed by atoms with Gasteiger partial charge in [0.1, 0.15) is 0 Å². The molecule has 4 aromatic rings. The van der Waals surface area contributed by atoms with E-state index in [0.717, 1.165) is 21.9 Å². The van der Waals surface area contributed by atoms with Crippen molar-refractivity contribution >= 4 is 39.7 Å². The van der Waals surface area contributed by atoms with Crippen molar-refractivity contribution in [1.82, 2.24) is 0 Å². The Balaban J connectivity index is 1.64. The molecule has 0 aliphatic carbocycles. The zero-order valence-electron chi connectivity index (χ0n) is 17.8. The number of Topliss-reactive ketones (excluding diaryl/α,β-unsaturated/α-hetero) is 1. The maximum Gasteiger partial charge on any atom is 0.255 e. The van der Waals surface area contributed by atoms with Gasteiger partial charge in [-0.15, -0.1) is 0 Å². The molecule has 4 rings (SSSR count). The minimum absolute atomic E-state index is 0.154. The molecule has 0 atom stereocenters. The second kappa shape index (κ2) is 8.86. The maximum absolute atomic E-state index is 12.9. The van der Waals surface area contributed by atoms with E-state index in [1.807, 2.05) is 60.7 Å². The summed E-state index contributed by atoms with van der Waals surface area (Å²) in [5, 5.41) is 7.66. The van der Waals surface area contributed by atoms with E-state index in [2.05, 4.69) is 10.6 Å². The number of fused-ring (bicyclic) bond motifs is 1. The van der Waals surface area contributed by atoms with Gasteiger partial charge in [-0.05, 0) is 65.2 Å². The van der Waals surface area contributed by atoms with E-state index < -0.39 is 0 Å². The molecule has 4 aromatic carbocycles. The number of rotatable bonds is 5. The minimum Gasteiger partial charge on any atom is -0.326 e. The summed E-state index contributed by atoms with van der Waals surface area (Å²) in [4.78, 5) is 36.6. The standard InChI is InChI=1S/C27H22N2O3/c1-17(30)25-16-22(21-8-5-9-24(15-21)28-18(2)31)12-13-26(25)29-27(32)23-11-10-19-6-3-4-7-20(19)14-23/h3-16H,1-2H3,(H,28,31)(H,29,32). The van der Waals surface area contributed by atoms with Gasteiger partial charge in [0.05, 0.1) is 5.69 Å². The predicted molar refractivity (Wildman–Crippen MR) is 128 cm³/mol. The van der Waals surface area contributed by atoms with Gasteiger partial charge in [0.15, 0.2) is 5.78 Å². The van der Waals surface area contributed by atoms with Crippen LogP contribution in [0.25, 0.3) is 21.9 Å².